The fourth-order valence-electron chi connectivity index (χ4n) is 3.01. The second kappa shape index (κ2) is 12.5. The normalized spacial score (nSPS) is 10.6. The second-order valence-corrected chi connectivity index (χ2v) is 7.19. The highest BCUT2D eigenvalue weighted by atomic mass is 16.6. The highest BCUT2D eigenvalue weighted by molar-refractivity contribution is 6.01. The van der Waals surface area contributed by atoms with E-state index in [9.17, 15) is 14.9 Å². The molecule has 0 atom stereocenters. The van der Waals surface area contributed by atoms with E-state index in [0.29, 0.717) is 23.6 Å². The van der Waals surface area contributed by atoms with Crippen LogP contribution in [0.2, 0.25) is 0 Å². The van der Waals surface area contributed by atoms with Crippen molar-refractivity contribution >= 4 is 18.0 Å². The maximum absolute atomic E-state index is 12.4. The number of hydrogen-bond acceptors (Lipinski definition) is 7. The Bertz CT molecular complexity index is 1230. The van der Waals surface area contributed by atoms with Crippen LogP contribution in [0, 0.1) is 11.3 Å². The van der Waals surface area contributed by atoms with E-state index in [-0.39, 0.29) is 23.7 Å². The van der Waals surface area contributed by atoms with Crippen molar-refractivity contribution in [2.75, 3.05) is 20.8 Å². The minimum Gasteiger partial charge on any atom is -0.497 e. The number of hydrogen-bond donors (Lipinski definition) is 1. The van der Waals surface area contributed by atoms with Crippen LogP contribution in [0.25, 0.3) is 6.08 Å². The number of nitriles is 1. The van der Waals surface area contributed by atoms with E-state index in [2.05, 4.69) is 5.32 Å². The third-order valence-electron chi connectivity index (χ3n) is 4.80. The van der Waals surface area contributed by atoms with Crippen molar-refractivity contribution in [2.45, 2.75) is 6.54 Å². The Hall–Kier alpha value is -4.77. The van der Waals surface area contributed by atoms with E-state index in [4.69, 9.17) is 18.9 Å². The van der Waals surface area contributed by atoms with Crippen molar-refractivity contribution in [3.05, 3.63) is 89.5 Å². The van der Waals surface area contributed by atoms with Crippen LogP contribution in [-0.4, -0.2) is 32.7 Å². The molecule has 3 aromatic carbocycles. The molecule has 0 saturated heterocycles. The monoisotopic (exact) mass is 472 g/mol. The molecule has 0 spiro atoms. The van der Waals surface area contributed by atoms with Crippen LogP contribution in [0.3, 0.4) is 0 Å². The minimum absolute atomic E-state index is 0.0689. The Balaban J connectivity index is 1.62. The molecule has 0 aliphatic carbocycles. The Labute approximate surface area is 203 Å². The molecule has 3 aromatic rings. The van der Waals surface area contributed by atoms with Crippen molar-refractivity contribution < 1.29 is 28.5 Å². The Morgan fingerprint density at radius 1 is 0.914 bits per heavy atom. The summed E-state index contributed by atoms with van der Waals surface area (Å²) in [4.78, 5) is 24.6. The molecule has 0 unspecified atom stereocenters. The molecule has 0 radical (unpaired) electrons. The van der Waals surface area contributed by atoms with Gasteiger partial charge in [0.1, 0.15) is 23.1 Å². The molecule has 0 aliphatic rings. The largest absolute Gasteiger partial charge is 0.497 e. The molecular weight excluding hydrogens is 448 g/mol. The number of rotatable bonds is 10. The number of ether oxygens (including phenoxy) is 4. The smallest absolute Gasteiger partial charge is 0.349 e. The summed E-state index contributed by atoms with van der Waals surface area (Å²) >= 11 is 0. The standard InChI is InChI=1S/C27H24N2O6/c1-32-22-9-11-23(12-10-22)34-18-26(30)35-24-13-8-20(15-25(24)33-2)14-21(16-28)27(31)29-17-19-6-4-3-5-7-19/h3-15H,17-18H2,1-2H3,(H,29,31)/b21-14+. The average molecular weight is 472 g/mol. The Morgan fingerprint density at radius 3 is 2.29 bits per heavy atom. The first kappa shape index (κ1) is 24.9. The summed E-state index contributed by atoms with van der Waals surface area (Å²) in [5, 5.41) is 12.2. The van der Waals surface area contributed by atoms with E-state index < -0.39 is 11.9 Å². The third-order valence-corrected chi connectivity index (χ3v) is 4.80. The van der Waals surface area contributed by atoms with E-state index in [1.54, 1.807) is 43.5 Å². The number of benzene rings is 3. The lowest BCUT2D eigenvalue weighted by Gasteiger charge is -2.11. The number of nitrogens with zero attached hydrogens (tertiary/aromatic N) is 1. The summed E-state index contributed by atoms with van der Waals surface area (Å²) in [6.07, 6.45) is 1.43. The summed E-state index contributed by atoms with van der Waals surface area (Å²) < 4.78 is 21.2. The highest BCUT2D eigenvalue weighted by Crippen LogP contribution is 2.29. The van der Waals surface area contributed by atoms with Gasteiger partial charge in [0, 0.05) is 6.54 Å². The number of methoxy groups -OCH3 is 2. The molecule has 0 aromatic heterocycles. The second-order valence-electron chi connectivity index (χ2n) is 7.19. The van der Waals surface area contributed by atoms with Crippen LogP contribution in [0.4, 0.5) is 0 Å². The van der Waals surface area contributed by atoms with Gasteiger partial charge in [-0.1, -0.05) is 36.4 Å². The number of amides is 1. The SMILES string of the molecule is COc1ccc(OCC(=O)Oc2ccc(/C=C(\C#N)C(=O)NCc3ccccc3)cc2OC)cc1. The van der Waals surface area contributed by atoms with Gasteiger partial charge in [-0.05, 0) is 53.6 Å². The van der Waals surface area contributed by atoms with Crippen LogP contribution in [0.5, 0.6) is 23.0 Å². The molecule has 1 N–H and O–H groups in total. The average Bonchev–Trinajstić information content (AvgIpc) is 2.90. The predicted molar refractivity (Wildman–Crippen MR) is 129 cm³/mol. The van der Waals surface area contributed by atoms with Crippen molar-refractivity contribution in [1.82, 2.24) is 5.32 Å². The zero-order valence-corrected chi connectivity index (χ0v) is 19.3. The maximum atomic E-state index is 12.4. The van der Waals surface area contributed by atoms with Gasteiger partial charge in [-0.15, -0.1) is 0 Å². The lowest BCUT2D eigenvalue weighted by atomic mass is 10.1. The van der Waals surface area contributed by atoms with Crippen molar-refractivity contribution in [3.8, 4) is 29.1 Å². The van der Waals surface area contributed by atoms with Gasteiger partial charge in [-0.3, -0.25) is 4.79 Å². The molecule has 0 aliphatic heterocycles. The molecule has 178 valence electrons. The molecule has 8 nitrogen and oxygen atoms in total. The summed E-state index contributed by atoms with van der Waals surface area (Å²) in [5.74, 6) is 0.484. The van der Waals surface area contributed by atoms with Crippen LogP contribution in [0.1, 0.15) is 11.1 Å². The van der Waals surface area contributed by atoms with Gasteiger partial charge < -0.3 is 24.3 Å². The van der Waals surface area contributed by atoms with E-state index >= 15 is 0 Å². The number of carbonyl (C=O) groups excluding carboxylic acids is 2. The van der Waals surface area contributed by atoms with Crippen molar-refractivity contribution in [3.63, 3.8) is 0 Å². The molecule has 1 amide bonds. The zero-order valence-electron chi connectivity index (χ0n) is 19.3. The van der Waals surface area contributed by atoms with Crippen LogP contribution >= 0.6 is 0 Å². The van der Waals surface area contributed by atoms with Crippen LogP contribution < -0.4 is 24.3 Å². The Morgan fingerprint density at radius 2 is 1.63 bits per heavy atom. The lowest BCUT2D eigenvalue weighted by Crippen LogP contribution is -2.23. The number of nitrogens with one attached hydrogen (secondary N) is 1. The summed E-state index contributed by atoms with van der Waals surface area (Å²) in [6, 6.07) is 22.8. The first-order valence-electron chi connectivity index (χ1n) is 10.6. The summed E-state index contributed by atoms with van der Waals surface area (Å²) in [7, 11) is 2.98. The quantitative estimate of drug-likeness (QED) is 0.206. The van der Waals surface area contributed by atoms with Gasteiger partial charge in [-0.2, -0.15) is 5.26 Å². The van der Waals surface area contributed by atoms with Crippen molar-refractivity contribution in [1.29, 1.82) is 5.26 Å². The number of esters is 1. The van der Waals surface area contributed by atoms with Crippen LogP contribution in [0.15, 0.2) is 78.4 Å². The van der Waals surface area contributed by atoms with Gasteiger partial charge in [0.15, 0.2) is 18.1 Å². The molecule has 8 heteroatoms. The zero-order chi connectivity index (χ0) is 25.0. The van der Waals surface area contributed by atoms with E-state index in [1.165, 1.54) is 19.3 Å². The van der Waals surface area contributed by atoms with Crippen LogP contribution in [-0.2, 0) is 16.1 Å². The highest BCUT2D eigenvalue weighted by Gasteiger charge is 2.13. The Kier molecular flexibility index (Phi) is 8.85. The van der Waals surface area contributed by atoms with Crippen molar-refractivity contribution in [2.24, 2.45) is 0 Å². The topological polar surface area (TPSA) is 107 Å². The third kappa shape index (κ3) is 7.37. The lowest BCUT2D eigenvalue weighted by molar-refractivity contribution is -0.136. The van der Waals surface area contributed by atoms with E-state index in [0.717, 1.165) is 5.56 Å². The first-order valence-corrected chi connectivity index (χ1v) is 10.6. The molecule has 0 fully saturated rings. The maximum Gasteiger partial charge on any atom is 0.349 e. The van der Waals surface area contributed by atoms with Gasteiger partial charge in [-0.25, -0.2) is 4.79 Å². The predicted octanol–water partition coefficient (Wildman–Crippen LogP) is 3.91. The molecule has 3 rings (SSSR count). The molecule has 35 heavy (non-hydrogen) atoms. The molecule has 0 bridgehead atoms. The molecule has 0 heterocycles. The molecular formula is C27H24N2O6. The number of carbonyl (C=O) groups is 2. The van der Waals surface area contributed by atoms with Gasteiger partial charge in [0.2, 0.25) is 0 Å². The van der Waals surface area contributed by atoms with Gasteiger partial charge in [0.05, 0.1) is 14.2 Å². The fraction of sp³-hybridized carbons (Fsp3) is 0.148. The van der Waals surface area contributed by atoms with Gasteiger partial charge in [0.25, 0.3) is 5.91 Å². The fourth-order valence-corrected chi connectivity index (χ4v) is 3.01. The summed E-state index contributed by atoms with van der Waals surface area (Å²) in [5.41, 5.74) is 1.38. The molecule has 0 saturated carbocycles. The summed E-state index contributed by atoms with van der Waals surface area (Å²) in [6.45, 7) is -0.00714. The van der Waals surface area contributed by atoms with E-state index in [1.807, 2.05) is 36.4 Å². The minimum atomic E-state index is -0.625. The first-order chi connectivity index (χ1) is 17.0. The van der Waals surface area contributed by atoms with Gasteiger partial charge >= 0.3 is 5.97 Å².